The third-order valence-corrected chi connectivity index (χ3v) is 3.60. The van der Waals surface area contributed by atoms with E-state index in [0.29, 0.717) is 5.82 Å². The predicted molar refractivity (Wildman–Crippen MR) is 73.0 cm³/mol. The second-order valence-corrected chi connectivity index (χ2v) is 4.83. The van der Waals surface area contributed by atoms with Gasteiger partial charge in [-0.15, -0.1) is 5.10 Å². The number of aromatic nitrogens is 6. The van der Waals surface area contributed by atoms with Crippen molar-refractivity contribution in [2.75, 3.05) is 11.4 Å². The molecule has 0 atom stereocenters. The molecule has 3 heterocycles. The summed E-state index contributed by atoms with van der Waals surface area (Å²) in [5, 5.41) is 14.0. The van der Waals surface area contributed by atoms with E-state index in [1.165, 1.54) is 11.3 Å². The largest absolute Gasteiger partial charge is 0.365 e. The monoisotopic (exact) mass is 267 g/mol. The normalized spacial score (nSPS) is 13.7. The molecule has 2 aromatic heterocycles. The Labute approximate surface area is 115 Å². The van der Waals surface area contributed by atoms with E-state index in [4.69, 9.17) is 0 Å². The van der Waals surface area contributed by atoms with Crippen LogP contribution in [-0.4, -0.2) is 37.1 Å². The Balaban J connectivity index is 1.67. The van der Waals surface area contributed by atoms with Crippen LogP contribution >= 0.6 is 0 Å². The minimum absolute atomic E-state index is 0.694. The summed E-state index contributed by atoms with van der Waals surface area (Å²) in [7, 11) is 0. The van der Waals surface area contributed by atoms with Crippen molar-refractivity contribution in [2.45, 2.75) is 13.0 Å². The van der Waals surface area contributed by atoms with Gasteiger partial charge >= 0.3 is 0 Å². The van der Waals surface area contributed by atoms with Crippen molar-refractivity contribution in [3.05, 3.63) is 42.0 Å². The first-order chi connectivity index (χ1) is 9.90. The average molecular weight is 267 g/mol. The Morgan fingerprint density at radius 2 is 2.30 bits per heavy atom. The minimum Gasteiger partial charge on any atom is -0.365 e. The van der Waals surface area contributed by atoms with Crippen molar-refractivity contribution in [1.29, 1.82) is 0 Å². The van der Waals surface area contributed by atoms with Crippen LogP contribution in [0.25, 0.3) is 11.4 Å². The zero-order valence-electron chi connectivity index (χ0n) is 10.7. The second kappa shape index (κ2) is 4.44. The Hall–Kier alpha value is -2.70. The number of H-pyrrole nitrogens is 2. The van der Waals surface area contributed by atoms with Crippen molar-refractivity contribution < 1.29 is 0 Å². The van der Waals surface area contributed by atoms with Crippen molar-refractivity contribution in [2.24, 2.45) is 0 Å². The summed E-state index contributed by atoms with van der Waals surface area (Å²) in [6.45, 7) is 1.83. The topological polar surface area (TPSA) is 86.4 Å². The van der Waals surface area contributed by atoms with Crippen LogP contribution in [0.5, 0.6) is 0 Å². The molecule has 1 aliphatic rings. The fourth-order valence-electron chi connectivity index (χ4n) is 2.61. The molecule has 2 N–H and O–H groups in total. The number of nitrogens with one attached hydrogen (secondary N) is 2. The van der Waals surface area contributed by atoms with Gasteiger partial charge in [0.15, 0.2) is 5.82 Å². The van der Waals surface area contributed by atoms with Crippen LogP contribution < -0.4 is 4.90 Å². The number of imidazole rings is 1. The molecular weight excluding hydrogens is 254 g/mol. The first-order valence-corrected chi connectivity index (χ1v) is 6.50. The van der Waals surface area contributed by atoms with E-state index in [-0.39, 0.29) is 0 Å². The Morgan fingerprint density at radius 1 is 1.30 bits per heavy atom. The fraction of sp³-hybridized carbons (Fsp3) is 0.231. The molecule has 0 radical (unpaired) electrons. The lowest BCUT2D eigenvalue weighted by atomic mass is 10.1. The number of fused-ring (bicyclic) bond motifs is 1. The smallest absolute Gasteiger partial charge is 0.179 e. The van der Waals surface area contributed by atoms with Crippen molar-refractivity contribution >= 4 is 5.69 Å². The van der Waals surface area contributed by atoms with Gasteiger partial charge in [0, 0.05) is 24.0 Å². The van der Waals surface area contributed by atoms with Crippen molar-refractivity contribution in [3.8, 4) is 11.4 Å². The van der Waals surface area contributed by atoms with Gasteiger partial charge in [-0.1, -0.05) is 12.1 Å². The molecule has 3 aromatic rings. The zero-order chi connectivity index (χ0) is 13.4. The highest BCUT2D eigenvalue weighted by Gasteiger charge is 2.20. The van der Waals surface area contributed by atoms with Gasteiger partial charge in [0.2, 0.25) is 0 Å². The molecule has 0 spiro atoms. The average Bonchev–Trinajstić information content (AvgIpc) is 3.20. The number of aromatic amines is 2. The maximum Gasteiger partial charge on any atom is 0.179 e. The number of rotatable bonds is 3. The summed E-state index contributed by atoms with van der Waals surface area (Å²) < 4.78 is 0. The lowest BCUT2D eigenvalue weighted by Gasteiger charge is -2.18. The van der Waals surface area contributed by atoms with E-state index in [1.807, 2.05) is 6.20 Å². The second-order valence-electron chi connectivity index (χ2n) is 4.83. The molecule has 0 bridgehead atoms. The highest BCUT2D eigenvalue weighted by molar-refractivity contribution is 5.68. The van der Waals surface area contributed by atoms with Crippen molar-refractivity contribution in [3.63, 3.8) is 0 Å². The summed E-state index contributed by atoms with van der Waals surface area (Å²) in [5.74, 6) is 0.694. The molecule has 0 fully saturated rings. The summed E-state index contributed by atoms with van der Waals surface area (Å²) >= 11 is 0. The molecule has 0 amide bonds. The summed E-state index contributed by atoms with van der Waals surface area (Å²) in [5.41, 5.74) is 4.64. The number of anilines is 1. The van der Waals surface area contributed by atoms with Crippen molar-refractivity contribution in [1.82, 2.24) is 30.6 Å². The van der Waals surface area contributed by atoms with E-state index >= 15 is 0 Å². The molecule has 0 aliphatic carbocycles. The first-order valence-electron chi connectivity index (χ1n) is 6.50. The Kier molecular flexibility index (Phi) is 2.48. The van der Waals surface area contributed by atoms with Gasteiger partial charge in [-0.05, 0) is 28.5 Å². The van der Waals surface area contributed by atoms with E-state index in [0.717, 1.165) is 30.8 Å². The van der Waals surface area contributed by atoms with Gasteiger partial charge in [0.05, 0.1) is 18.6 Å². The summed E-state index contributed by atoms with van der Waals surface area (Å²) in [6, 6.07) is 6.34. The van der Waals surface area contributed by atoms with E-state index in [2.05, 4.69) is 53.7 Å². The molecule has 0 unspecified atom stereocenters. The minimum atomic E-state index is 0.694. The lowest BCUT2D eigenvalue weighted by Crippen LogP contribution is -2.19. The SMILES string of the molecule is c1nc(CN2CCc3ccc(-c4nnn[nH]4)cc32)c[nH]1. The molecular formula is C13H13N7. The van der Waals surface area contributed by atoms with E-state index in [9.17, 15) is 0 Å². The Morgan fingerprint density at radius 3 is 3.10 bits per heavy atom. The highest BCUT2D eigenvalue weighted by atomic mass is 15.5. The standard InChI is InChI=1S/C13H13N7/c1-2-10(13-16-18-19-17-13)5-12-9(1)3-4-20(12)7-11-6-14-8-15-11/h1-2,5-6,8H,3-4,7H2,(H,14,15)(H,16,17,18,19). The number of hydrogen-bond acceptors (Lipinski definition) is 5. The van der Waals surface area contributed by atoms with Crippen LogP contribution in [-0.2, 0) is 13.0 Å². The van der Waals surface area contributed by atoms with Gasteiger partial charge in [0.1, 0.15) is 0 Å². The number of tetrazole rings is 1. The highest BCUT2D eigenvalue weighted by Crippen LogP contribution is 2.32. The van der Waals surface area contributed by atoms with Gasteiger partial charge in [-0.3, -0.25) is 0 Å². The maximum absolute atomic E-state index is 4.29. The molecule has 20 heavy (non-hydrogen) atoms. The lowest BCUT2D eigenvalue weighted by molar-refractivity contribution is 0.819. The zero-order valence-corrected chi connectivity index (χ0v) is 10.7. The summed E-state index contributed by atoms with van der Waals surface area (Å²) in [6.07, 6.45) is 4.71. The molecule has 7 heteroatoms. The number of nitrogens with zero attached hydrogens (tertiary/aromatic N) is 5. The number of hydrogen-bond donors (Lipinski definition) is 2. The molecule has 0 saturated heterocycles. The number of benzene rings is 1. The van der Waals surface area contributed by atoms with Crippen LogP contribution in [0, 0.1) is 0 Å². The molecule has 100 valence electrons. The molecule has 7 nitrogen and oxygen atoms in total. The molecule has 1 aromatic carbocycles. The van der Waals surface area contributed by atoms with Gasteiger partial charge in [0.25, 0.3) is 0 Å². The van der Waals surface area contributed by atoms with Crippen LogP contribution in [0.4, 0.5) is 5.69 Å². The molecule has 4 rings (SSSR count). The fourth-order valence-corrected chi connectivity index (χ4v) is 2.61. The van der Waals surface area contributed by atoms with Crippen LogP contribution in [0.15, 0.2) is 30.7 Å². The molecule has 1 aliphatic heterocycles. The quantitative estimate of drug-likeness (QED) is 0.743. The third kappa shape index (κ3) is 1.83. The van der Waals surface area contributed by atoms with Crippen LogP contribution in [0.3, 0.4) is 0 Å². The molecule has 0 saturated carbocycles. The summed E-state index contributed by atoms with van der Waals surface area (Å²) in [4.78, 5) is 9.61. The van der Waals surface area contributed by atoms with Gasteiger partial charge < -0.3 is 9.88 Å². The first kappa shape index (κ1) is 11.2. The predicted octanol–water partition coefficient (Wildman–Crippen LogP) is 1.15. The van der Waals surface area contributed by atoms with E-state index in [1.54, 1.807) is 6.33 Å². The maximum atomic E-state index is 4.29. The van der Waals surface area contributed by atoms with Crippen LogP contribution in [0.2, 0.25) is 0 Å². The van der Waals surface area contributed by atoms with Gasteiger partial charge in [-0.2, -0.15) is 0 Å². The third-order valence-electron chi connectivity index (χ3n) is 3.60. The van der Waals surface area contributed by atoms with Gasteiger partial charge in [-0.25, -0.2) is 10.1 Å². The van der Waals surface area contributed by atoms with E-state index < -0.39 is 0 Å². The van der Waals surface area contributed by atoms with Crippen LogP contribution in [0.1, 0.15) is 11.3 Å². The Bertz CT molecular complexity index is 702.